The fourth-order valence-corrected chi connectivity index (χ4v) is 1.60. The molecule has 1 aromatic rings. The molecule has 0 saturated carbocycles. The number of halogens is 1. The van der Waals surface area contributed by atoms with Crippen molar-refractivity contribution in [3.05, 3.63) is 34.9 Å². The molecule has 1 aromatic carbocycles. The number of fused-ring (bicyclic) bond motifs is 1. The van der Waals surface area contributed by atoms with Crippen molar-refractivity contribution < 1.29 is 4.79 Å². The van der Waals surface area contributed by atoms with Gasteiger partial charge in [0.1, 0.15) is 0 Å². The van der Waals surface area contributed by atoms with Crippen molar-refractivity contribution in [3.8, 4) is 11.8 Å². The first kappa shape index (κ1) is 10.1. The molecular formula is C12H10ClNO. The van der Waals surface area contributed by atoms with Gasteiger partial charge in [0.25, 0.3) is 5.91 Å². The normalized spacial score (nSPS) is 12.7. The van der Waals surface area contributed by atoms with Crippen LogP contribution in [0.2, 0.25) is 0 Å². The highest BCUT2D eigenvalue weighted by atomic mass is 35.5. The van der Waals surface area contributed by atoms with E-state index in [0.717, 1.165) is 16.7 Å². The van der Waals surface area contributed by atoms with Crippen LogP contribution in [0, 0.1) is 11.8 Å². The monoisotopic (exact) mass is 219 g/mol. The lowest BCUT2D eigenvalue weighted by atomic mass is 10.1. The maximum atomic E-state index is 11.4. The van der Waals surface area contributed by atoms with Crippen LogP contribution >= 0.6 is 11.6 Å². The highest BCUT2D eigenvalue weighted by Gasteiger charge is 2.17. The van der Waals surface area contributed by atoms with Crippen molar-refractivity contribution in [1.29, 1.82) is 0 Å². The van der Waals surface area contributed by atoms with Gasteiger partial charge in [0, 0.05) is 30.0 Å². The molecule has 1 heterocycles. The molecular weight excluding hydrogens is 210 g/mol. The predicted octanol–water partition coefficient (Wildman–Crippen LogP) is 1.91. The largest absolute Gasteiger partial charge is 0.348 e. The summed E-state index contributed by atoms with van der Waals surface area (Å²) in [5.41, 5.74) is 2.66. The number of hydrogen-bond acceptors (Lipinski definition) is 1. The van der Waals surface area contributed by atoms with E-state index >= 15 is 0 Å². The van der Waals surface area contributed by atoms with Crippen LogP contribution in [0.3, 0.4) is 0 Å². The van der Waals surface area contributed by atoms with E-state index in [1.807, 2.05) is 18.2 Å². The highest BCUT2D eigenvalue weighted by molar-refractivity contribution is 6.18. The molecule has 0 spiro atoms. The van der Waals surface area contributed by atoms with Gasteiger partial charge in [0.05, 0.1) is 0 Å². The highest BCUT2D eigenvalue weighted by Crippen LogP contribution is 2.16. The lowest BCUT2D eigenvalue weighted by Gasteiger charge is -1.95. The SMILES string of the molecule is O=C1NCc2ccc(C#CCCCl)cc21. The zero-order chi connectivity index (χ0) is 10.7. The average molecular weight is 220 g/mol. The molecule has 0 aromatic heterocycles. The molecule has 76 valence electrons. The van der Waals surface area contributed by atoms with Crippen LogP contribution < -0.4 is 5.32 Å². The Bertz CT molecular complexity index is 456. The molecule has 0 radical (unpaired) electrons. The molecule has 1 amide bonds. The van der Waals surface area contributed by atoms with Gasteiger partial charge >= 0.3 is 0 Å². The number of carbonyl (C=O) groups is 1. The molecule has 2 nitrogen and oxygen atoms in total. The van der Waals surface area contributed by atoms with Gasteiger partial charge in [-0.25, -0.2) is 0 Å². The first-order valence-corrected chi connectivity index (χ1v) is 5.30. The second-order valence-corrected chi connectivity index (χ2v) is 3.67. The standard InChI is InChI=1S/C12H10ClNO/c13-6-2-1-3-9-4-5-10-8-14-12(15)11(10)7-9/h4-5,7H,2,6,8H2,(H,14,15). The van der Waals surface area contributed by atoms with E-state index in [2.05, 4.69) is 17.2 Å². The Balaban J connectivity index is 2.27. The summed E-state index contributed by atoms with van der Waals surface area (Å²) in [6, 6.07) is 5.71. The van der Waals surface area contributed by atoms with Crippen molar-refractivity contribution in [3.63, 3.8) is 0 Å². The van der Waals surface area contributed by atoms with Gasteiger partial charge in [-0.05, 0) is 17.7 Å². The second kappa shape index (κ2) is 4.37. The Kier molecular flexibility index (Phi) is 2.94. The van der Waals surface area contributed by atoms with Crippen molar-refractivity contribution >= 4 is 17.5 Å². The molecule has 1 N–H and O–H groups in total. The number of nitrogens with one attached hydrogen (secondary N) is 1. The molecule has 1 aliphatic rings. The maximum Gasteiger partial charge on any atom is 0.251 e. The van der Waals surface area contributed by atoms with Crippen LogP contribution in [0.15, 0.2) is 18.2 Å². The van der Waals surface area contributed by atoms with Crippen LogP contribution in [0.25, 0.3) is 0 Å². The van der Waals surface area contributed by atoms with Crippen molar-refractivity contribution in [2.45, 2.75) is 13.0 Å². The number of carbonyl (C=O) groups excluding carboxylic acids is 1. The average Bonchev–Trinajstić information content (AvgIpc) is 2.61. The van der Waals surface area contributed by atoms with Gasteiger partial charge in [-0.1, -0.05) is 17.9 Å². The number of rotatable bonds is 1. The fourth-order valence-electron chi connectivity index (χ4n) is 1.50. The van der Waals surface area contributed by atoms with Crippen LogP contribution in [0.5, 0.6) is 0 Å². The van der Waals surface area contributed by atoms with Crippen LogP contribution in [0.4, 0.5) is 0 Å². The van der Waals surface area contributed by atoms with Gasteiger partial charge in [-0.15, -0.1) is 11.6 Å². The molecule has 0 bridgehead atoms. The predicted molar refractivity (Wildman–Crippen MR) is 59.8 cm³/mol. The van der Waals surface area contributed by atoms with Crippen molar-refractivity contribution in [2.24, 2.45) is 0 Å². The van der Waals surface area contributed by atoms with E-state index in [-0.39, 0.29) is 5.91 Å². The summed E-state index contributed by atoms with van der Waals surface area (Å²) in [7, 11) is 0. The summed E-state index contributed by atoms with van der Waals surface area (Å²) in [6.07, 6.45) is 0.671. The third-order valence-electron chi connectivity index (χ3n) is 2.25. The molecule has 3 heteroatoms. The number of hydrogen-bond donors (Lipinski definition) is 1. The van der Waals surface area contributed by atoms with E-state index in [1.165, 1.54) is 0 Å². The zero-order valence-electron chi connectivity index (χ0n) is 8.14. The summed E-state index contributed by atoms with van der Waals surface area (Å²) >= 11 is 5.52. The van der Waals surface area contributed by atoms with Gasteiger partial charge in [0.15, 0.2) is 0 Å². The van der Waals surface area contributed by atoms with E-state index in [9.17, 15) is 4.79 Å². The number of amides is 1. The van der Waals surface area contributed by atoms with E-state index in [1.54, 1.807) is 0 Å². The third kappa shape index (κ3) is 2.14. The Hall–Kier alpha value is -1.46. The summed E-state index contributed by atoms with van der Waals surface area (Å²) < 4.78 is 0. The topological polar surface area (TPSA) is 29.1 Å². The molecule has 0 atom stereocenters. The van der Waals surface area contributed by atoms with Crippen molar-refractivity contribution in [1.82, 2.24) is 5.32 Å². The van der Waals surface area contributed by atoms with Gasteiger partial charge in [-0.2, -0.15) is 0 Å². The second-order valence-electron chi connectivity index (χ2n) is 3.30. The summed E-state index contributed by atoms with van der Waals surface area (Å²) in [6.45, 7) is 0.629. The van der Waals surface area contributed by atoms with Crippen LogP contribution in [-0.2, 0) is 6.54 Å². The molecule has 0 aliphatic carbocycles. The lowest BCUT2D eigenvalue weighted by Crippen LogP contribution is -2.12. The first-order valence-electron chi connectivity index (χ1n) is 4.77. The Morgan fingerprint density at radius 1 is 1.47 bits per heavy atom. The molecule has 2 rings (SSSR count). The minimum atomic E-state index is -0.00834. The molecule has 15 heavy (non-hydrogen) atoms. The Morgan fingerprint density at radius 2 is 2.33 bits per heavy atom. The first-order chi connectivity index (χ1) is 7.31. The third-order valence-corrected chi connectivity index (χ3v) is 2.44. The molecule has 0 saturated heterocycles. The minimum Gasteiger partial charge on any atom is -0.348 e. The Morgan fingerprint density at radius 3 is 3.13 bits per heavy atom. The van der Waals surface area contributed by atoms with Crippen LogP contribution in [-0.4, -0.2) is 11.8 Å². The smallest absolute Gasteiger partial charge is 0.251 e. The zero-order valence-corrected chi connectivity index (χ0v) is 8.90. The summed E-state index contributed by atoms with van der Waals surface area (Å²) in [4.78, 5) is 11.4. The molecule has 0 fully saturated rings. The van der Waals surface area contributed by atoms with E-state index < -0.39 is 0 Å². The minimum absolute atomic E-state index is 0.00834. The van der Waals surface area contributed by atoms with E-state index in [0.29, 0.717) is 18.8 Å². The fraction of sp³-hybridized carbons (Fsp3) is 0.250. The number of benzene rings is 1. The van der Waals surface area contributed by atoms with Gasteiger partial charge in [0.2, 0.25) is 0 Å². The van der Waals surface area contributed by atoms with Crippen LogP contribution in [0.1, 0.15) is 27.9 Å². The maximum absolute atomic E-state index is 11.4. The molecule has 1 aliphatic heterocycles. The lowest BCUT2D eigenvalue weighted by molar-refractivity contribution is 0.0965. The summed E-state index contributed by atoms with van der Waals surface area (Å²) in [5, 5.41) is 2.77. The van der Waals surface area contributed by atoms with E-state index in [4.69, 9.17) is 11.6 Å². The Labute approximate surface area is 93.6 Å². The number of alkyl halides is 1. The van der Waals surface area contributed by atoms with Crippen molar-refractivity contribution in [2.75, 3.05) is 5.88 Å². The molecule has 0 unspecified atom stereocenters. The quantitative estimate of drug-likeness (QED) is 0.568. The summed E-state index contributed by atoms with van der Waals surface area (Å²) in [5.74, 6) is 6.46. The van der Waals surface area contributed by atoms with Gasteiger partial charge < -0.3 is 5.32 Å². The van der Waals surface area contributed by atoms with Gasteiger partial charge in [-0.3, -0.25) is 4.79 Å².